The Kier molecular flexibility index (Phi) is 3.97. The van der Waals surface area contributed by atoms with Crippen molar-refractivity contribution in [3.8, 4) is 0 Å². The Labute approximate surface area is 79.1 Å². The predicted molar refractivity (Wildman–Crippen MR) is 55.4 cm³/mol. The van der Waals surface area contributed by atoms with E-state index in [1.54, 1.807) is 6.92 Å². The van der Waals surface area contributed by atoms with E-state index in [2.05, 4.69) is 0 Å². The third-order valence-corrected chi connectivity index (χ3v) is 1.77. The Balaban J connectivity index is 2.37. The summed E-state index contributed by atoms with van der Waals surface area (Å²) in [6.45, 7) is 1.62. The lowest BCUT2D eigenvalue weighted by molar-refractivity contribution is -0.116. The summed E-state index contributed by atoms with van der Waals surface area (Å²) in [7, 11) is 0. The van der Waals surface area contributed by atoms with Gasteiger partial charge in [0.15, 0.2) is 0 Å². The summed E-state index contributed by atoms with van der Waals surface area (Å²) < 4.78 is 0. The highest BCUT2D eigenvalue weighted by Crippen LogP contribution is 2.02. The number of hydrogen-bond acceptors (Lipinski definition) is 1. The first-order chi connectivity index (χ1) is 6.29. The molecule has 0 fully saturated rings. The van der Waals surface area contributed by atoms with Crippen molar-refractivity contribution in [3.63, 3.8) is 0 Å². The van der Waals surface area contributed by atoms with Crippen LogP contribution in [-0.4, -0.2) is 5.78 Å². The first-order valence-corrected chi connectivity index (χ1v) is 4.50. The van der Waals surface area contributed by atoms with E-state index in [9.17, 15) is 4.79 Å². The number of allylic oxidation sites excluding steroid dienone is 1. The first-order valence-electron chi connectivity index (χ1n) is 4.50. The van der Waals surface area contributed by atoms with E-state index >= 15 is 0 Å². The fraction of sp³-hybridized carbons (Fsp3) is 0.250. The fourth-order valence-corrected chi connectivity index (χ4v) is 1.07. The first kappa shape index (κ1) is 9.72. The summed E-state index contributed by atoms with van der Waals surface area (Å²) in [5.74, 6) is 0.248. The lowest BCUT2D eigenvalue weighted by Crippen LogP contribution is -1.86. The summed E-state index contributed by atoms with van der Waals surface area (Å²) in [6.07, 6.45) is 5.56. The topological polar surface area (TPSA) is 17.1 Å². The van der Waals surface area contributed by atoms with Crippen molar-refractivity contribution in [1.29, 1.82) is 0 Å². The van der Waals surface area contributed by atoms with Crippen LogP contribution in [0.2, 0.25) is 0 Å². The van der Waals surface area contributed by atoms with Crippen molar-refractivity contribution >= 4 is 11.9 Å². The number of Topliss-reactive ketones (excluding diaryl/α,β-unsaturated/α-hetero) is 1. The molecule has 0 bridgehead atoms. The molecular weight excluding hydrogens is 160 g/mol. The van der Waals surface area contributed by atoms with Crippen molar-refractivity contribution in [2.75, 3.05) is 0 Å². The summed E-state index contributed by atoms with van der Waals surface area (Å²) >= 11 is 0. The lowest BCUT2D eigenvalue weighted by atomic mass is 10.1. The molecular formula is C12H14O. The zero-order valence-electron chi connectivity index (χ0n) is 7.86. The Bertz CT molecular complexity index is 285. The minimum Gasteiger partial charge on any atom is -0.300 e. The van der Waals surface area contributed by atoms with Crippen LogP contribution in [0.1, 0.15) is 25.3 Å². The number of benzene rings is 1. The second-order valence-electron chi connectivity index (χ2n) is 3.05. The second kappa shape index (κ2) is 5.31. The van der Waals surface area contributed by atoms with Crippen molar-refractivity contribution in [2.45, 2.75) is 19.8 Å². The van der Waals surface area contributed by atoms with Crippen molar-refractivity contribution in [2.24, 2.45) is 0 Å². The minimum atomic E-state index is 0.248. The molecule has 0 amide bonds. The highest BCUT2D eigenvalue weighted by molar-refractivity contribution is 5.75. The molecule has 0 atom stereocenters. The summed E-state index contributed by atoms with van der Waals surface area (Å²) in [5, 5.41) is 0. The molecule has 0 spiro atoms. The molecule has 1 aromatic carbocycles. The lowest BCUT2D eigenvalue weighted by Gasteiger charge is -1.91. The highest BCUT2D eigenvalue weighted by Gasteiger charge is 1.88. The molecule has 0 saturated heterocycles. The van der Waals surface area contributed by atoms with Gasteiger partial charge in [0.2, 0.25) is 0 Å². The molecule has 1 nitrogen and oxygen atoms in total. The molecule has 1 aromatic rings. The van der Waals surface area contributed by atoms with Crippen LogP contribution >= 0.6 is 0 Å². The maximum absolute atomic E-state index is 10.6. The molecule has 13 heavy (non-hydrogen) atoms. The normalized spacial score (nSPS) is 10.5. The van der Waals surface area contributed by atoms with Gasteiger partial charge < -0.3 is 4.79 Å². The van der Waals surface area contributed by atoms with Crippen molar-refractivity contribution < 1.29 is 4.79 Å². The van der Waals surface area contributed by atoms with E-state index in [1.165, 1.54) is 5.56 Å². The standard InChI is InChI=1S/C12H14O/c1-11(13)7-5-6-10-12-8-3-2-4-9-12/h2-4,6,8-10H,5,7H2,1H3/b10-6+. The van der Waals surface area contributed by atoms with Gasteiger partial charge in [-0.05, 0) is 18.9 Å². The minimum absolute atomic E-state index is 0.248. The molecule has 0 aromatic heterocycles. The van der Waals surface area contributed by atoms with Gasteiger partial charge in [-0.2, -0.15) is 0 Å². The van der Waals surface area contributed by atoms with Crippen LogP contribution in [0.25, 0.3) is 6.08 Å². The molecule has 0 radical (unpaired) electrons. The fourth-order valence-electron chi connectivity index (χ4n) is 1.07. The maximum atomic E-state index is 10.6. The number of carbonyl (C=O) groups excluding carboxylic acids is 1. The average molecular weight is 174 g/mol. The molecule has 0 aliphatic carbocycles. The van der Waals surface area contributed by atoms with E-state index in [-0.39, 0.29) is 5.78 Å². The van der Waals surface area contributed by atoms with Crippen LogP contribution in [0, 0.1) is 0 Å². The largest absolute Gasteiger partial charge is 0.300 e. The maximum Gasteiger partial charge on any atom is 0.130 e. The Hall–Kier alpha value is -1.37. The molecule has 0 unspecified atom stereocenters. The summed E-state index contributed by atoms with van der Waals surface area (Å²) in [6, 6.07) is 10.1. The monoisotopic (exact) mass is 174 g/mol. The average Bonchev–Trinajstić information content (AvgIpc) is 2.14. The molecule has 0 N–H and O–H groups in total. The number of rotatable bonds is 4. The Morgan fingerprint density at radius 1 is 1.31 bits per heavy atom. The van der Waals surface area contributed by atoms with Crippen LogP contribution in [-0.2, 0) is 4.79 Å². The van der Waals surface area contributed by atoms with Gasteiger partial charge in [-0.15, -0.1) is 0 Å². The molecule has 68 valence electrons. The van der Waals surface area contributed by atoms with E-state index in [1.807, 2.05) is 42.5 Å². The zero-order valence-corrected chi connectivity index (χ0v) is 7.86. The van der Waals surface area contributed by atoms with Gasteiger partial charge in [-0.1, -0.05) is 42.5 Å². The highest BCUT2D eigenvalue weighted by atomic mass is 16.1. The molecule has 1 heteroatoms. The number of hydrogen-bond donors (Lipinski definition) is 0. The van der Waals surface area contributed by atoms with E-state index < -0.39 is 0 Å². The predicted octanol–water partition coefficient (Wildman–Crippen LogP) is 3.07. The van der Waals surface area contributed by atoms with Crippen LogP contribution in [0.5, 0.6) is 0 Å². The molecule has 0 aliphatic heterocycles. The van der Waals surface area contributed by atoms with Crippen LogP contribution in [0.15, 0.2) is 36.4 Å². The van der Waals surface area contributed by atoms with Crippen LogP contribution in [0.3, 0.4) is 0 Å². The van der Waals surface area contributed by atoms with E-state index in [4.69, 9.17) is 0 Å². The smallest absolute Gasteiger partial charge is 0.130 e. The number of carbonyl (C=O) groups is 1. The third kappa shape index (κ3) is 4.26. The van der Waals surface area contributed by atoms with Gasteiger partial charge in [0.25, 0.3) is 0 Å². The molecule has 0 saturated carbocycles. The van der Waals surface area contributed by atoms with Crippen LogP contribution in [0.4, 0.5) is 0 Å². The van der Waals surface area contributed by atoms with Gasteiger partial charge in [-0.3, -0.25) is 0 Å². The van der Waals surface area contributed by atoms with Gasteiger partial charge in [0.05, 0.1) is 0 Å². The SMILES string of the molecule is CC(=O)CC/C=C/c1ccccc1. The zero-order chi connectivity index (χ0) is 9.52. The Morgan fingerprint density at radius 3 is 2.62 bits per heavy atom. The van der Waals surface area contributed by atoms with Gasteiger partial charge in [0, 0.05) is 6.42 Å². The van der Waals surface area contributed by atoms with E-state index in [0.717, 1.165) is 6.42 Å². The summed E-state index contributed by atoms with van der Waals surface area (Å²) in [5.41, 5.74) is 1.19. The van der Waals surface area contributed by atoms with Crippen molar-refractivity contribution in [3.05, 3.63) is 42.0 Å². The van der Waals surface area contributed by atoms with Crippen molar-refractivity contribution in [1.82, 2.24) is 0 Å². The number of ketones is 1. The molecule has 0 heterocycles. The quantitative estimate of drug-likeness (QED) is 0.685. The van der Waals surface area contributed by atoms with Gasteiger partial charge in [0.1, 0.15) is 5.78 Å². The molecule has 0 aliphatic rings. The second-order valence-corrected chi connectivity index (χ2v) is 3.05. The summed E-state index contributed by atoms with van der Waals surface area (Å²) in [4.78, 5) is 10.6. The third-order valence-electron chi connectivity index (χ3n) is 1.77. The van der Waals surface area contributed by atoms with Gasteiger partial charge >= 0.3 is 0 Å². The Morgan fingerprint density at radius 2 is 2.00 bits per heavy atom. The van der Waals surface area contributed by atoms with E-state index in [0.29, 0.717) is 6.42 Å². The molecule has 1 rings (SSSR count). The van der Waals surface area contributed by atoms with Gasteiger partial charge in [-0.25, -0.2) is 0 Å². The van der Waals surface area contributed by atoms with Crippen LogP contribution < -0.4 is 0 Å².